The van der Waals surface area contributed by atoms with Crippen molar-refractivity contribution in [3.63, 3.8) is 0 Å². The molecule has 18 heavy (non-hydrogen) atoms. The Hall–Kier alpha value is -1.51. The van der Waals surface area contributed by atoms with Crippen molar-refractivity contribution in [3.05, 3.63) is 29.3 Å². The minimum Gasteiger partial charge on any atom is -0.384 e. The maximum atomic E-state index is 12.6. The average molecular weight is 244 g/mol. The van der Waals surface area contributed by atoms with Crippen LogP contribution in [0.4, 0.5) is 5.69 Å². The molecule has 2 heterocycles. The van der Waals surface area contributed by atoms with Crippen LogP contribution in [0.15, 0.2) is 18.2 Å². The van der Waals surface area contributed by atoms with E-state index in [4.69, 9.17) is 0 Å². The second kappa shape index (κ2) is 4.63. The van der Waals surface area contributed by atoms with E-state index in [2.05, 4.69) is 18.3 Å². The maximum absolute atomic E-state index is 12.6. The number of hydrogen-bond acceptors (Lipinski definition) is 2. The molecule has 0 spiro atoms. The average Bonchev–Trinajstić information content (AvgIpc) is 2.84. The number of nitrogens with one attached hydrogen (secondary N) is 1. The monoisotopic (exact) mass is 244 g/mol. The highest BCUT2D eigenvalue weighted by atomic mass is 16.2. The van der Waals surface area contributed by atoms with Crippen molar-refractivity contribution in [1.29, 1.82) is 0 Å². The summed E-state index contributed by atoms with van der Waals surface area (Å²) in [7, 11) is 0. The Bertz CT molecular complexity index is 470. The molecule has 3 rings (SSSR count). The van der Waals surface area contributed by atoms with Crippen LogP contribution in [-0.4, -0.2) is 30.4 Å². The molecule has 0 radical (unpaired) electrons. The predicted octanol–water partition coefficient (Wildman–Crippen LogP) is 2.53. The van der Waals surface area contributed by atoms with Crippen LogP contribution in [0.3, 0.4) is 0 Å². The highest BCUT2D eigenvalue weighted by Crippen LogP contribution is 2.28. The molecule has 3 heteroatoms. The number of anilines is 1. The topological polar surface area (TPSA) is 32.3 Å². The van der Waals surface area contributed by atoms with Crippen molar-refractivity contribution in [2.45, 2.75) is 26.2 Å². The molecule has 1 amide bonds. The van der Waals surface area contributed by atoms with Gasteiger partial charge >= 0.3 is 0 Å². The van der Waals surface area contributed by atoms with E-state index in [1.165, 1.54) is 5.56 Å². The van der Waals surface area contributed by atoms with Crippen LogP contribution in [0.1, 0.15) is 35.7 Å². The SMILES string of the molecule is CC1CCN(C(=O)c2cccc3c2NCCC3)C1. The lowest BCUT2D eigenvalue weighted by Crippen LogP contribution is -2.30. The Morgan fingerprint density at radius 1 is 1.44 bits per heavy atom. The fraction of sp³-hybridized carbons (Fsp3) is 0.533. The summed E-state index contributed by atoms with van der Waals surface area (Å²) < 4.78 is 0. The van der Waals surface area contributed by atoms with E-state index in [0.29, 0.717) is 5.92 Å². The molecule has 0 aliphatic carbocycles. The van der Waals surface area contributed by atoms with Gasteiger partial charge in [-0.2, -0.15) is 0 Å². The number of fused-ring (bicyclic) bond motifs is 1. The lowest BCUT2D eigenvalue weighted by molar-refractivity contribution is 0.0789. The smallest absolute Gasteiger partial charge is 0.255 e. The van der Waals surface area contributed by atoms with E-state index in [9.17, 15) is 4.79 Å². The third kappa shape index (κ3) is 1.98. The first-order chi connectivity index (χ1) is 8.75. The third-order valence-electron chi connectivity index (χ3n) is 4.02. The number of para-hydroxylation sites is 1. The molecule has 1 N–H and O–H groups in total. The second-order valence-corrected chi connectivity index (χ2v) is 5.52. The van der Waals surface area contributed by atoms with Gasteiger partial charge in [0.05, 0.1) is 11.3 Å². The summed E-state index contributed by atoms with van der Waals surface area (Å²) in [5, 5.41) is 3.40. The first kappa shape index (κ1) is 11.6. The largest absolute Gasteiger partial charge is 0.384 e. The molecule has 2 aliphatic rings. The Labute approximate surface area is 108 Å². The molecule has 2 aliphatic heterocycles. The first-order valence-electron chi connectivity index (χ1n) is 6.91. The van der Waals surface area contributed by atoms with E-state index in [1.807, 2.05) is 17.0 Å². The normalized spacial score (nSPS) is 22.5. The van der Waals surface area contributed by atoms with Crippen molar-refractivity contribution in [3.8, 4) is 0 Å². The van der Waals surface area contributed by atoms with Crippen molar-refractivity contribution in [2.24, 2.45) is 5.92 Å². The van der Waals surface area contributed by atoms with E-state index < -0.39 is 0 Å². The van der Waals surface area contributed by atoms with Crippen LogP contribution in [0.2, 0.25) is 0 Å². The molecule has 0 saturated carbocycles. The number of rotatable bonds is 1. The zero-order chi connectivity index (χ0) is 12.5. The quantitative estimate of drug-likeness (QED) is 0.823. The van der Waals surface area contributed by atoms with Gasteiger partial charge in [-0.1, -0.05) is 19.1 Å². The van der Waals surface area contributed by atoms with Gasteiger partial charge in [-0.3, -0.25) is 4.79 Å². The minimum atomic E-state index is 0.200. The predicted molar refractivity (Wildman–Crippen MR) is 72.9 cm³/mol. The van der Waals surface area contributed by atoms with Gasteiger partial charge in [0.25, 0.3) is 5.91 Å². The van der Waals surface area contributed by atoms with Crippen LogP contribution < -0.4 is 5.32 Å². The van der Waals surface area contributed by atoms with Crippen LogP contribution in [0.25, 0.3) is 0 Å². The third-order valence-corrected chi connectivity index (χ3v) is 4.02. The van der Waals surface area contributed by atoms with Gasteiger partial charge in [-0.05, 0) is 36.8 Å². The van der Waals surface area contributed by atoms with Gasteiger partial charge in [-0.15, -0.1) is 0 Å². The molecule has 1 saturated heterocycles. The molecule has 1 atom stereocenters. The number of amides is 1. The van der Waals surface area contributed by atoms with Crippen LogP contribution in [0.5, 0.6) is 0 Å². The Balaban J connectivity index is 1.90. The van der Waals surface area contributed by atoms with Gasteiger partial charge in [0.2, 0.25) is 0 Å². The molecular weight excluding hydrogens is 224 g/mol. The van der Waals surface area contributed by atoms with Crippen molar-refractivity contribution >= 4 is 11.6 Å². The molecule has 0 bridgehead atoms. The maximum Gasteiger partial charge on any atom is 0.255 e. The van der Waals surface area contributed by atoms with Gasteiger partial charge < -0.3 is 10.2 Å². The summed E-state index contributed by atoms with van der Waals surface area (Å²) in [4.78, 5) is 14.5. The summed E-state index contributed by atoms with van der Waals surface area (Å²) in [6.45, 7) is 5.01. The Kier molecular flexibility index (Phi) is 2.98. The molecule has 1 unspecified atom stereocenters. The highest BCUT2D eigenvalue weighted by molar-refractivity contribution is 6.00. The van der Waals surface area contributed by atoms with Gasteiger partial charge in [-0.25, -0.2) is 0 Å². The Morgan fingerprint density at radius 3 is 3.11 bits per heavy atom. The summed E-state index contributed by atoms with van der Waals surface area (Å²) in [5.74, 6) is 0.840. The number of likely N-dealkylation sites (tertiary alicyclic amines) is 1. The van der Waals surface area contributed by atoms with E-state index >= 15 is 0 Å². The number of carbonyl (C=O) groups is 1. The van der Waals surface area contributed by atoms with Gasteiger partial charge in [0.15, 0.2) is 0 Å². The summed E-state index contributed by atoms with van der Waals surface area (Å²) in [6.07, 6.45) is 3.37. The van der Waals surface area contributed by atoms with E-state index in [0.717, 1.165) is 50.1 Å². The molecule has 1 aromatic carbocycles. The fourth-order valence-electron chi connectivity index (χ4n) is 2.98. The minimum absolute atomic E-state index is 0.200. The Morgan fingerprint density at radius 2 is 2.33 bits per heavy atom. The molecule has 0 aromatic heterocycles. The van der Waals surface area contributed by atoms with Gasteiger partial charge in [0, 0.05) is 19.6 Å². The zero-order valence-electron chi connectivity index (χ0n) is 10.9. The lowest BCUT2D eigenvalue weighted by Gasteiger charge is -2.23. The van der Waals surface area contributed by atoms with Crippen LogP contribution in [0, 0.1) is 5.92 Å². The summed E-state index contributed by atoms with van der Waals surface area (Å²) >= 11 is 0. The van der Waals surface area contributed by atoms with E-state index in [-0.39, 0.29) is 5.91 Å². The standard InChI is InChI=1S/C15H20N2O/c1-11-7-9-17(10-11)15(18)13-6-2-4-12-5-3-8-16-14(12)13/h2,4,6,11,16H,3,5,7-10H2,1H3. The summed E-state index contributed by atoms with van der Waals surface area (Å²) in [5.41, 5.74) is 3.23. The van der Waals surface area contributed by atoms with E-state index in [1.54, 1.807) is 0 Å². The number of carbonyl (C=O) groups excluding carboxylic acids is 1. The number of nitrogens with zero attached hydrogens (tertiary/aromatic N) is 1. The number of hydrogen-bond donors (Lipinski definition) is 1. The number of aryl methyl sites for hydroxylation is 1. The second-order valence-electron chi connectivity index (χ2n) is 5.52. The van der Waals surface area contributed by atoms with Gasteiger partial charge in [0.1, 0.15) is 0 Å². The van der Waals surface area contributed by atoms with Crippen molar-refractivity contribution in [2.75, 3.05) is 25.0 Å². The van der Waals surface area contributed by atoms with Crippen LogP contribution in [-0.2, 0) is 6.42 Å². The lowest BCUT2D eigenvalue weighted by atomic mass is 9.99. The molecule has 1 fully saturated rings. The summed E-state index contributed by atoms with van der Waals surface area (Å²) in [6, 6.07) is 6.10. The zero-order valence-corrected chi connectivity index (χ0v) is 10.9. The van der Waals surface area contributed by atoms with Crippen LogP contribution >= 0.6 is 0 Å². The molecule has 3 nitrogen and oxygen atoms in total. The molecule has 96 valence electrons. The fourth-order valence-corrected chi connectivity index (χ4v) is 2.98. The van der Waals surface area contributed by atoms with Crippen molar-refractivity contribution in [1.82, 2.24) is 4.90 Å². The first-order valence-corrected chi connectivity index (χ1v) is 6.91. The number of benzene rings is 1. The highest BCUT2D eigenvalue weighted by Gasteiger charge is 2.26. The van der Waals surface area contributed by atoms with Crippen molar-refractivity contribution < 1.29 is 4.79 Å². The molecule has 1 aromatic rings. The molecular formula is C15H20N2O.